The Hall–Kier alpha value is -1.28. The number of benzene rings is 1. The van der Waals surface area contributed by atoms with Gasteiger partial charge in [-0.2, -0.15) is 0 Å². The smallest absolute Gasteiger partial charge is 0.0457 e. The molecule has 0 radical (unpaired) electrons. The molecular weight excluding hydrogens is 208 g/mol. The largest absolute Gasteiger partial charge is 0.361 e. The van der Waals surface area contributed by atoms with Crippen molar-refractivity contribution >= 4 is 10.9 Å². The molecule has 2 N–H and O–H groups in total. The van der Waals surface area contributed by atoms with E-state index in [1.807, 2.05) is 6.20 Å². The van der Waals surface area contributed by atoms with Gasteiger partial charge in [-0.1, -0.05) is 31.4 Å². The Balaban J connectivity index is 1.69. The van der Waals surface area contributed by atoms with E-state index in [4.69, 9.17) is 0 Å². The summed E-state index contributed by atoms with van der Waals surface area (Å²) >= 11 is 0. The van der Waals surface area contributed by atoms with Gasteiger partial charge in [0.25, 0.3) is 0 Å². The minimum Gasteiger partial charge on any atom is -0.361 e. The molecule has 0 spiro atoms. The van der Waals surface area contributed by atoms with Gasteiger partial charge in [-0.15, -0.1) is 0 Å². The SMILES string of the molecule is c1cc(CNC2CCCCC2)c2cc[nH]c2c1. The van der Waals surface area contributed by atoms with Crippen molar-refractivity contribution in [2.45, 2.75) is 44.7 Å². The van der Waals surface area contributed by atoms with Crippen molar-refractivity contribution in [3.05, 3.63) is 36.0 Å². The fourth-order valence-electron chi connectivity index (χ4n) is 2.87. The van der Waals surface area contributed by atoms with Gasteiger partial charge < -0.3 is 10.3 Å². The molecule has 90 valence electrons. The number of nitrogens with one attached hydrogen (secondary N) is 2. The fourth-order valence-corrected chi connectivity index (χ4v) is 2.87. The van der Waals surface area contributed by atoms with Crippen LogP contribution in [0.5, 0.6) is 0 Å². The summed E-state index contributed by atoms with van der Waals surface area (Å²) in [5.41, 5.74) is 2.65. The van der Waals surface area contributed by atoms with E-state index in [9.17, 15) is 0 Å². The van der Waals surface area contributed by atoms with Crippen molar-refractivity contribution in [2.75, 3.05) is 0 Å². The van der Waals surface area contributed by atoms with Crippen LogP contribution in [0.1, 0.15) is 37.7 Å². The molecule has 1 saturated carbocycles. The minimum absolute atomic E-state index is 0.734. The van der Waals surface area contributed by atoms with Gasteiger partial charge in [-0.3, -0.25) is 0 Å². The maximum atomic E-state index is 3.71. The quantitative estimate of drug-likeness (QED) is 0.825. The van der Waals surface area contributed by atoms with Gasteiger partial charge in [-0.05, 0) is 30.5 Å². The molecule has 2 heteroatoms. The molecule has 2 aromatic rings. The lowest BCUT2D eigenvalue weighted by atomic mass is 9.95. The molecule has 1 aromatic heterocycles. The molecule has 0 aliphatic heterocycles. The molecule has 3 rings (SSSR count). The van der Waals surface area contributed by atoms with Crippen LogP contribution in [0.15, 0.2) is 30.5 Å². The predicted molar refractivity (Wildman–Crippen MR) is 72.0 cm³/mol. The third kappa shape index (κ3) is 2.37. The topological polar surface area (TPSA) is 27.8 Å². The van der Waals surface area contributed by atoms with Crippen LogP contribution in [0.3, 0.4) is 0 Å². The Kier molecular flexibility index (Phi) is 3.14. The monoisotopic (exact) mass is 228 g/mol. The molecule has 1 aliphatic carbocycles. The summed E-state index contributed by atoms with van der Waals surface area (Å²) in [6, 6.07) is 9.41. The summed E-state index contributed by atoms with van der Waals surface area (Å²) < 4.78 is 0. The summed E-state index contributed by atoms with van der Waals surface area (Å²) in [7, 11) is 0. The Morgan fingerprint density at radius 2 is 2.00 bits per heavy atom. The van der Waals surface area contributed by atoms with E-state index in [2.05, 4.69) is 34.6 Å². The first kappa shape index (κ1) is 10.8. The van der Waals surface area contributed by atoms with Crippen molar-refractivity contribution in [3.63, 3.8) is 0 Å². The summed E-state index contributed by atoms with van der Waals surface area (Å²) in [6.07, 6.45) is 8.94. The molecule has 2 nitrogen and oxygen atoms in total. The second kappa shape index (κ2) is 4.92. The predicted octanol–water partition coefficient (Wildman–Crippen LogP) is 3.59. The Labute approximate surface area is 102 Å². The van der Waals surface area contributed by atoms with Gasteiger partial charge in [-0.25, -0.2) is 0 Å². The number of rotatable bonds is 3. The van der Waals surface area contributed by atoms with Crippen molar-refractivity contribution < 1.29 is 0 Å². The van der Waals surface area contributed by atoms with E-state index in [-0.39, 0.29) is 0 Å². The fraction of sp³-hybridized carbons (Fsp3) is 0.467. The molecule has 1 heterocycles. The van der Waals surface area contributed by atoms with Gasteiger partial charge in [0, 0.05) is 29.7 Å². The van der Waals surface area contributed by atoms with Crippen LogP contribution in [0, 0.1) is 0 Å². The lowest BCUT2D eigenvalue weighted by Crippen LogP contribution is -2.30. The van der Waals surface area contributed by atoms with Crippen molar-refractivity contribution in [1.29, 1.82) is 0 Å². The zero-order valence-corrected chi connectivity index (χ0v) is 10.2. The van der Waals surface area contributed by atoms with E-state index in [1.54, 1.807) is 0 Å². The second-order valence-electron chi connectivity index (χ2n) is 5.07. The Morgan fingerprint density at radius 1 is 1.12 bits per heavy atom. The molecule has 1 aliphatic rings. The van der Waals surface area contributed by atoms with Crippen LogP contribution >= 0.6 is 0 Å². The van der Waals surface area contributed by atoms with Crippen molar-refractivity contribution in [3.8, 4) is 0 Å². The molecular formula is C15H20N2. The zero-order chi connectivity index (χ0) is 11.5. The lowest BCUT2D eigenvalue weighted by molar-refractivity contribution is 0.373. The third-order valence-corrected chi connectivity index (χ3v) is 3.87. The molecule has 0 atom stereocenters. The van der Waals surface area contributed by atoms with E-state index in [1.165, 1.54) is 48.6 Å². The maximum absolute atomic E-state index is 3.71. The number of fused-ring (bicyclic) bond motifs is 1. The first-order valence-corrected chi connectivity index (χ1v) is 6.72. The van der Waals surface area contributed by atoms with Crippen molar-refractivity contribution in [2.24, 2.45) is 0 Å². The van der Waals surface area contributed by atoms with Crippen LogP contribution < -0.4 is 5.32 Å². The molecule has 17 heavy (non-hydrogen) atoms. The van der Waals surface area contributed by atoms with E-state index in [0.29, 0.717) is 0 Å². The zero-order valence-electron chi connectivity index (χ0n) is 10.2. The summed E-state index contributed by atoms with van der Waals surface area (Å²) in [4.78, 5) is 3.27. The highest BCUT2D eigenvalue weighted by Crippen LogP contribution is 2.20. The summed E-state index contributed by atoms with van der Waals surface area (Å²) in [6.45, 7) is 1.000. The molecule has 0 unspecified atom stereocenters. The first-order chi connectivity index (χ1) is 8.43. The molecule has 1 aromatic carbocycles. The third-order valence-electron chi connectivity index (χ3n) is 3.87. The number of aromatic amines is 1. The number of hydrogen-bond donors (Lipinski definition) is 2. The molecule has 0 amide bonds. The second-order valence-corrected chi connectivity index (χ2v) is 5.07. The number of H-pyrrole nitrogens is 1. The molecule has 1 fully saturated rings. The van der Waals surface area contributed by atoms with Crippen molar-refractivity contribution in [1.82, 2.24) is 10.3 Å². The minimum atomic E-state index is 0.734. The van der Waals surface area contributed by atoms with E-state index in [0.717, 1.165) is 12.6 Å². The van der Waals surface area contributed by atoms with Gasteiger partial charge in [0.1, 0.15) is 0 Å². The number of aromatic nitrogens is 1. The van der Waals surface area contributed by atoms with Crippen LogP contribution in [-0.2, 0) is 6.54 Å². The van der Waals surface area contributed by atoms with E-state index < -0.39 is 0 Å². The van der Waals surface area contributed by atoms with Gasteiger partial charge in [0.05, 0.1) is 0 Å². The normalized spacial score (nSPS) is 17.6. The van der Waals surface area contributed by atoms with Crippen LogP contribution in [0.25, 0.3) is 10.9 Å². The van der Waals surface area contributed by atoms with E-state index >= 15 is 0 Å². The Bertz CT molecular complexity index is 480. The highest BCUT2D eigenvalue weighted by molar-refractivity contribution is 5.82. The molecule has 0 bridgehead atoms. The van der Waals surface area contributed by atoms with Crippen LogP contribution in [0.2, 0.25) is 0 Å². The lowest BCUT2D eigenvalue weighted by Gasteiger charge is -2.23. The number of hydrogen-bond acceptors (Lipinski definition) is 1. The average Bonchev–Trinajstić information content (AvgIpc) is 2.86. The van der Waals surface area contributed by atoms with Gasteiger partial charge in [0.2, 0.25) is 0 Å². The van der Waals surface area contributed by atoms with Crippen LogP contribution in [-0.4, -0.2) is 11.0 Å². The maximum Gasteiger partial charge on any atom is 0.0457 e. The van der Waals surface area contributed by atoms with Crippen LogP contribution in [0.4, 0.5) is 0 Å². The summed E-state index contributed by atoms with van der Waals surface area (Å²) in [5, 5.41) is 5.06. The Morgan fingerprint density at radius 3 is 2.88 bits per heavy atom. The average molecular weight is 228 g/mol. The standard InChI is InChI=1S/C15H20N2/c1-2-6-13(7-3-1)17-11-12-5-4-8-15-14(12)9-10-16-15/h4-5,8-10,13,16-17H,1-3,6-7,11H2. The summed E-state index contributed by atoms with van der Waals surface area (Å²) in [5.74, 6) is 0. The first-order valence-electron chi connectivity index (χ1n) is 6.72. The highest BCUT2D eigenvalue weighted by Gasteiger charge is 2.12. The van der Waals surface area contributed by atoms with Gasteiger partial charge >= 0.3 is 0 Å². The highest BCUT2D eigenvalue weighted by atomic mass is 14.9. The van der Waals surface area contributed by atoms with Gasteiger partial charge in [0.15, 0.2) is 0 Å². The molecule has 0 saturated heterocycles.